The van der Waals surface area contributed by atoms with Gasteiger partial charge < -0.3 is 9.15 Å². The van der Waals surface area contributed by atoms with Crippen molar-refractivity contribution in [1.29, 1.82) is 0 Å². The van der Waals surface area contributed by atoms with Gasteiger partial charge >= 0.3 is 5.97 Å². The van der Waals surface area contributed by atoms with Gasteiger partial charge in [0.1, 0.15) is 5.82 Å². The number of esters is 1. The van der Waals surface area contributed by atoms with E-state index in [0.717, 1.165) is 31.4 Å². The van der Waals surface area contributed by atoms with Crippen LogP contribution in [0.4, 0.5) is 4.39 Å². The second kappa shape index (κ2) is 6.83. The minimum Gasteiger partial charge on any atom is -0.469 e. The molecule has 1 heterocycles. The van der Waals surface area contributed by atoms with Crippen molar-refractivity contribution < 1.29 is 18.3 Å². The number of methoxy groups -OCH3 is 1. The Hall–Kier alpha value is -1.69. The molecular formula is C17H17BrFNO3. The minimum absolute atomic E-state index is 0.0245. The van der Waals surface area contributed by atoms with E-state index in [2.05, 4.69) is 20.9 Å². The first kappa shape index (κ1) is 16.2. The van der Waals surface area contributed by atoms with Gasteiger partial charge in [-0.15, -0.1) is 0 Å². The molecule has 2 aromatic rings. The number of hydrogen-bond acceptors (Lipinski definition) is 4. The number of carbonyl (C=O) groups excluding carboxylic acids is 1. The third kappa shape index (κ3) is 3.32. The first-order valence-corrected chi connectivity index (χ1v) is 8.39. The van der Waals surface area contributed by atoms with Crippen LogP contribution in [0.15, 0.2) is 33.4 Å². The molecule has 122 valence electrons. The molecule has 3 rings (SSSR count). The van der Waals surface area contributed by atoms with Gasteiger partial charge in [0.15, 0.2) is 4.67 Å². The Kier molecular flexibility index (Phi) is 4.80. The van der Waals surface area contributed by atoms with E-state index < -0.39 is 0 Å². The molecule has 0 spiro atoms. The molecule has 1 aliphatic carbocycles. The molecule has 2 atom stereocenters. The number of aromatic nitrogens is 1. The maximum absolute atomic E-state index is 13.0. The quantitative estimate of drug-likeness (QED) is 0.723. The molecule has 6 heteroatoms. The zero-order chi connectivity index (χ0) is 16.4. The van der Waals surface area contributed by atoms with Crippen molar-refractivity contribution >= 4 is 21.9 Å². The third-order valence-electron chi connectivity index (χ3n) is 4.32. The van der Waals surface area contributed by atoms with Crippen LogP contribution in [-0.4, -0.2) is 18.1 Å². The van der Waals surface area contributed by atoms with E-state index in [-0.39, 0.29) is 23.6 Å². The number of nitrogens with zero attached hydrogens (tertiary/aromatic N) is 1. The van der Waals surface area contributed by atoms with Crippen LogP contribution >= 0.6 is 15.9 Å². The smallest absolute Gasteiger partial charge is 0.309 e. The molecule has 0 bridgehead atoms. The van der Waals surface area contributed by atoms with E-state index in [1.807, 2.05) is 0 Å². The molecule has 23 heavy (non-hydrogen) atoms. The van der Waals surface area contributed by atoms with Gasteiger partial charge in [0, 0.05) is 11.5 Å². The second-order valence-corrected chi connectivity index (χ2v) is 6.43. The number of oxazole rings is 1. The SMILES string of the molecule is COC(=O)[C@@H]1CCCC[C@H]1c1nc(-c2ccc(F)cc2)oc1Br. The van der Waals surface area contributed by atoms with E-state index in [0.29, 0.717) is 16.1 Å². The molecule has 4 nitrogen and oxygen atoms in total. The second-order valence-electron chi connectivity index (χ2n) is 5.71. The highest BCUT2D eigenvalue weighted by atomic mass is 79.9. The molecule has 1 saturated carbocycles. The van der Waals surface area contributed by atoms with E-state index >= 15 is 0 Å². The summed E-state index contributed by atoms with van der Waals surface area (Å²) in [5, 5.41) is 0. The van der Waals surface area contributed by atoms with Crippen LogP contribution in [0.1, 0.15) is 37.3 Å². The van der Waals surface area contributed by atoms with Gasteiger partial charge in [-0.05, 0) is 53.0 Å². The molecule has 1 aliphatic rings. The lowest BCUT2D eigenvalue weighted by Gasteiger charge is -2.28. The summed E-state index contributed by atoms with van der Waals surface area (Å²) in [5.74, 6) is -0.314. The van der Waals surface area contributed by atoms with Gasteiger partial charge in [0.05, 0.1) is 18.7 Å². The summed E-state index contributed by atoms with van der Waals surface area (Å²) in [6.07, 6.45) is 3.72. The molecule has 0 saturated heterocycles. The van der Waals surface area contributed by atoms with Crippen molar-refractivity contribution in [2.45, 2.75) is 31.6 Å². The molecule has 0 unspecified atom stereocenters. The topological polar surface area (TPSA) is 52.3 Å². The van der Waals surface area contributed by atoms with Crippen molar-refractivity contribution in [3.8, 4) is 11.5 Å². The van der Waals surface area contributed by atoms with Crippen molar-refractivity contribution in [3.05, 3.63) is 40.4 Å². The Morgan fingerprint density at radius 2 is 2.00 bits per heavy atom. The van der Waals surface area contributed by atoms with Crippen LogP contribution in [0.2, 0.25) is 0 Å². The maximum Gasteiger partial charge on any atom is 0.309 e. The van der Waals surface area contributed by atoms with Crippen LogP contribution in [0.25, 0.3) is 11.5 Å². The highest BCUT2D eigenvalue weighted by Gasteiger charge is 2.36. The molecule has 1 aromatic carbocycles. The Bertz CT molecular complexity index is 698. The molecule has 0 amide bonds. The zero-order valence-corrected chi connectivity index (χ0v) is 14.3. The normalized spacial score (nSPS) is 21.2. The van der Waals surface area contributed by atoms with E-state index in [9.17, 15) is 9.18 Å². The number of halogens is 2. The van der Waals surface area contributed by atoms with Gasteiger partial charge in [-0.3, -0.25) is 4.79 Å². The lowest BCUT2D eigenvalue weighted by atomic mass is 9.77. The van der Waals surface area contributed by atoms with Crippen molar-refractivity contribution in [1.82, 2.24) is 4.98 Å². The van der Waals surface area contributed by atoms with Crippen LogP contribution in [-0.2, 0) is 9.53 Å². The fraction of sp³-hybridized carbons (Fsp3) is 0.412. The number of ether oxygens (including phenoxy) is 1. The van der Waals surface area contributed by atoms with E-state index in [1.165, 1.54) is 19.2 Å². The summed E-state index contributed by atoms with van der Waals surface area (Å²) in [6, 6.07) is 5.97. The molecule has 0 aliphatic heterocycles. The number of carbonyl (C=O) groups is 1. The first-order chi connectivity index (χ1) is 11.1. The fourth-order valence-electron chi connectivity index (χ4n) is 3.15. The Morgan fingerprint density at radius 1 is 1.30 bits per heavy atom. The predicted octanol–water partition coefficient (Wildman–Crippen LogP) is 4.69. The van der Waals surface area contributed by atoms with E-state index in [4.69, 9.17) is 9.15 Å². The van der Waals surface area contributed by atoms with Gasteiger partial charge in [-0.2, -0.15) is 0 Å². The van der Waals surface area contributed by atoms with Crippen LogP contribution < -0.4 is 0 Å². The highest BCUT2D eigenvalue weighted by Crippen LogP contribution is 2.42. The van der Waals surface area contributed by atoms with Gasteiger partial charge in [-0.1, -0.05) is 12.8 Å². The lowest BCUT2D eigenvalue weighted by molar-refractivity contribution is -0.147. The highest BCUT2D eigenvalue weighted by molar-refractivity contribution is 9.10. The number of benzene rings is 1. The monoisotopic (exact) mass is 381 g/mol. The van der Waals surface area contributed by atoms with Crippen molar-refractivity contribution in [2.24, 2.45) is 5.92 Å². The van der Waals surface area contributed by atoms with Crippen LogP contribution in [0.3, 0.4) is 0 Å². The molecule has 0 radical (unpaired) electrons. The number of rotatable bonds is 3. The van der Waals surface area contributed by atoms with Crippen LogP contribution in [0, 0.1) is 11.7 Å². The summed E-state index contributed by atoms with van der Waals surface area (Å²) < 4.78 is 24.2. The molecular weight excluding hydrogens is 365 g/mol. The van der Waals surface area contributed by atoms with Crippen LogP contribution in [0.5, 0.6) is 0 Å². The maximum atomic E-state index is 13.0. The summed E-state index contributed by atoms with van der Waals surface area (Å²) in [5.41, 5.74) is 1.43. The fourth-order valence-corrected chi connectivity index (χ4v) is 3.69. The van der Waals surface area contributed by atoms with Gasteiger partial charge in [-0.25, -0.2) is 9.37 Å². The Labute approximate surface area is 142 Å². The minimum atomic E-state index is -0.308. The first-order valence-electron chi connectivity index (χ1n) is 7.60. The molecule has 0 N–H and O–H groups in total. The average Bonchev–Trinajstić information content (AvgIpc) is 2.96. The third-order valence-corrected chi connectivity index (χ3v) is 4.89. The zero-order valence-electron chi connectivity index (χ0n) is 12.7. The van der Waals surface area contributed by atoms with Gasteiger partial charge in [0.2, 0.25) is 5.89 Å². The summed E-state index contributed by atoms with van der Waals surface area (Å²) >= 11 is 3.41. The Balaban J connectivity index is 1.93. The average molecular weight is 382 g/mol. The summed E-state index contributed by atoms with van der Waals surface area (Å²) in [4.78, 5) is 16.6. The Morgan fingerprint density at radius 3 is 2.70 bits per heavy atom. The summed E-state index contributed by atoms with van der Waals surface area (Å²) in [7, 11) is 1.41. The molecule has 1 fully saturated rings. The number of hydrogen-bond donors (Lipinski definition) is 0. The lowest BCUT2D eigenvalue weighted by Crippen LogP contribution is -2.27. The molecule has 1 aromatic heterocycles. The summed E-state index contributed by atoms with van der Waals surface area (Å²) in [6.45, 7) is 0. The predicted molar refractivity (Wildman–Crippen MR) is 86.3 cm³/mol. The standard InChI is InChI=1S/C17H17BrFNO3/c1-22-17(21)13-5-3-2-4-12(13)14-15(18)23-16(20-14)10-6-8-11(19)9-7-10/h6-9,12-13H,2-5H2,1H3/t12-,13-/m1/s1. The van der Waals surface area contributed by atoms with Crippen molar-refractivity contribution in [2.75, 3.05) is 7.11 Å². The van der Waals surface area contributed by atoms with Gasteiger partial charge in [0.25, 0.3) is 0 Å². The largest absolute Gasteiger partial charge is 0.469 e. The van der Waals surface area contributed by atoms with Crippen molar-refractivity contribution in [3.63, 3.8) is 0 Å². The van der Waals surface area contributed by atoms with E-state index in [1.54, 1.807) is 12.1 Å².